The smallest absolute Gasteiger partial charge is 0.239 e. The topological polar surface area (TPSA) is 85.6 Å². The van der Waals surface area contributed by atoms with Crippen LogP contribution in [0.4, 0.5) is 5.13 Å². The van der Waals surface area contributed by atoms with Gasteiger partial charge in [-0.3, -0.25) is 4.79 Å². The van der Waals surface area contributed by atoms with E-state index in [0.29, 0.717) is 16.8 Å². The third-order valence-corrected chi connectivity index (χ3v) is 4.75. The second kappa shape index (κ2) is 7.34. The van der Waals surface area contributed by atoms with Crippen LogP contribution >= 0.6 is 23.1 Å². The maximum absolute atomic E-state index is 12.2. The monoisotopic (exact) mass is 346 g/mol. The molecule has 3 aromatic rings. The van der Waals surface area contributed by atoms with Gasteiger partial charge in [-0.2, -0.15) is 0 Å². The fraction of sp³-hybridized carbons (Fsp3) is 0.214. The highest BCUT2D eigenvalue weighted by Crippen LogP contribution is 2.22. The highest BCUT2D eigenvalue weighted by Gasteiger charge is 2.19. The Morgan fingerprint density at radius 1 is 1.39 bits per heavy atom. The molecule has 0 unspecified atom stereocenters. The van der Waals surface area contributed by atoms with E-state index in [1.807, 2.05) is 42.6 Å². The number of carbonyl (C=O) groups excluding carboxylic acids is 1. The van der Waals surface area contributed by atoms with Crippen molar-refractivity contribution in [1.82, 2.24) is 25.2 Å². The predicted octanol–water partition coefficient (Wildman–Crippen LogP) is 2.30. The van der Waals surface area contributed by atoms with E-state index in [4.69, 9.17) is 0 Å². The van der Waals surface area contributed by atoms with Gasteiger partial charge in [-0.05, 0) is 22.9 Å². The molecular weight excluding hydrogens is 332 g/mol. The molecule has 0 spiro atoms. The number of thioether (sulfide) groups is 1. The van der Waals surface area contributed by atoms with E-state index in [1.165, 1.54) is 23.1 Å². The molecule has 0 aliphatic rings. The lowest BCUT2D eigenvalue weighted by atomic mass is 10.2. The molecule has 1 N–H and O–H groups in total. The van der Waals surface area contributed by atoms with Gasteiger partial charge < -0.3 is 5.32 Å². The molecule has 2 aromatic heterocycles. The summed E-state index contributed by atoms with van der Waals surface area (Å²) in [6.45, 7) is 2.38. The van der Waals surface area contributed by atoms with Crippen LogP contribution in [0.3, 0.4) is 0 Å². The van der Waals surface area contributed by atoms with E-state index in [1.54, 1.807) is 10.9 Å². The number of carbonyl (C=O) groups is 1. The molecule has 2 heterocycles. The van der Waals surface area contributed by atoms with Gasteiger partial charge in [0.1, 0.15) is 0 Å². The third kappa shape index (κ3) is 4.14. The van der Waals surface area contributed by atoms with Gasteiger partial charge in [0.05, 0.1) is 11.8 Å². The van der Waals surface area contributed by atoms with Crippen LogP contribution in [-0.2, 0) is 11.3 Å². The van der Waals surface area contributed by atoms with Crippen molar-refractivity contribution in [2.75, 3.05) is 5.32 Å². The van der Waals surface area contributed by atoms with Crippen LogP contribution in [-0.4, -0.2) is 36.3 Å². The first-order valence-electron chi connectivity index (χ1n) is 6.89. The number of aromatic nitrogens is 5. The summed E-state index contributed by atoms with van der Waals surface area (Å²) in [5.74, 6) is -0.126. The molecule has 9 heteroatoms. The normalized spacial score (nSPS) is 12.0. The van der Waals surface area contributed by atoms with E-state index < -0.39 is 0 Å². The molecule has 0 bridgehead atoms. The quantitative estimate of drug-likeness (QED) is 0.689. The van der Waals surface area contributed by atoms with Crippen LogP contribution < -0.4 is 5.32 Å². The van der Waals surface area contributed by atoms with Gasteiger partial charge in [-0.15, -0.1) is 16.4 Å². The van der Waals surface area contributed by atoms with Crippen molar-refractivity contribution in [1.29, 1.82) is 0 Å². The Morgan fingerprint density at radius 3 is 2.96 bits per heavy atom. The first kappa shape index (κ1) is 15.6. The average Bonchev–Trinajstić information content (AvgIpc) is 3.21. The molecule has 1 aromatic carbocycles. The maximum atomic E-state index is 12.2. The molecular formula is C14H14N6OS2. The van der Waals surface area contributed by atoms with Gasteiger partial charge >= 0.3 is 0 Å². The van der Waals surface area contributed by atoms with Crippen molar-refractivity contribution in [3.05, 3.63) is 47.5 Å². The zero-order valence-electron chi connectivity index (χ0n) is 12.3. The second-order valence-electron chi connectivity index (χ2n) is 4.69. The Balaban J connectivity index is 1.64. The average molecular weight is 346 g/mol. The number of benzene rings is 1. The summed E-state index contributed by atoms with van der Waals surface area (Å²) >= 11 is 2.70. The van der Waals surface area contributed by atoms with Gasteiger partial charge in [-0.25, -0.2) is 9.67 Å². The van der Waals surface area contributed by atoms with Crippen LogP contribution in [0.1, 0.15) is 12.5 Å². The number of nitrogens with one attached hydrogen (secondary N) is 1. The number of hydrogen-bond acceptors (Lipinski definition) is 7. The van der Waals surface area contributed by atoms with Crippen molar-refractivity contribution < 1.29 is 4.79 Å². The second-order valence-corrected chi connectivity index (χ2v) is 6.89. The molecule has 0 radical (unpaired) electrons. The van der Waals surface area contributed by atoms with Crippen molar-refractivity contribution in [2.24, 2.45) is 0 Å². The fourth-order valence-corrected chi connectivity index (χ4v) is 3.16. The first-order valence-corrected chi connectivity index (χ1v) is 8.65. The van der Waals surface area contributed by atoms with Crippen molar-refractivity contribution in [3.8, 4) is 0 Å². The minimum absolute atomic E-state index is 0.126. The molecule has 23 heavy (non-hydrogen) atoms. The van der Waals surface area contributed by atoms with E-state index in [-0.39, 0.29) is 11.2 Å². The fourth-order valence-electron chi connectivity index (χ4n) is 1.84. The number of thiazole rings is 1. The SMILES string of the molecule is C[C@H](Sc1nnnn1Cc1ccccc1)C(=O)Nc1nccs1. The molecule has 118 valence electrons. The number of amides is 1. The molecule has 7 nitrogen and oxygen atoms in total. The summed E-state index contributed by atoms with van der Waals surface area (Å²) in [6.07, 6.45) is 1.65. The summed E-state index contributed by atoms with van der Waals surface area (Å²) in [4.78, 5) is 16.2. The predicted molar refractivity (Wildman–Crippen MR) is 89.4 cm³/mol. The van der Waals surface area contributed by atoms with Crippen LogP contribution in [0.15, 0.2) is 47.1 Å². The van der Waals surface area contributed by atoms with Gasteiger partial charge in [-0.1, -0.05) is 42.1 Å². The molecule has 3 rings (SSSR count). The summed E-state index contributed by atoms with van der Waals surface area (Å²) in [5.41, 5.74) is 1.10. The number of anilines is 1. The van der Waals surface area contributed by atoms with Crippen LogP contribution in [0.25, 0.3) is 0 Å². The lowest BCUT2D eigenvalue weighted by Gasteiger charge is -2.10. The minimum atomic E-state index is -0.334. The Morgan fingerprint density at radius 2 is 2.22 bits per heavy atom. The Hall–Kier alpha value is -2.26. The van der Waals surface area contributed by atoms with Gasteiger partial charge in [0, 0.05) is 11.6 Å². The molecule has 0 saturated carbocycles. The summed E-state index contributed by atoms with van der Waals surface area (Å²) in [5, 5.41) is 17.2. The lowest BCUT2D eigenvalue weighted by Crippen LogP contribution is -2.23. The molecule has 1 amide bonds. The molecule has 0 fully saturated rings. The van der Waals surface area contributed by atoms with Gasteiger partial charge in [0.2, 0.25) is 11.1 Å². The van der Waals surface area contributed by atoms with E-state index in [0.717, 1.165) is 5.56 Å². The Kier molecular flexibility index (Phi) is 4.99. The van der Waals surface area contributed by atoms with Crippen LogP contribution in [0.5, 0.6) is 0 Å². The third-order valence-electron chi connectivity index (χ3n) is 2.99. The summed E-state index contributed by atoms with van der Waals surface area (Å²) in [7, 11) is 0. The standard InChI is InChI=1S/C14H14N6OS2/c1-10(12(21)16-13-15-7-8-22-13)23-14-17-18-19-20(14)9-11-5-3-2-4-6-11/h2-8,10H,9H2,1H3,(H,15,16,21)/t10-/m0/s1. The minimum Gasteiger partial charge on any atom is -0.301 e. The molecule has 0 saturated heterocycles. The van der Waals surface area contributed by atoms with E-state index in [9.17, 15) is 4.79 Å². The highest BCUT2D eigenvalue weighted by atomic mass is 32.2. The van der Waals surface area contributed by atoms with E-state index in [2.05, 4.69) is 25.8 Å². The molecule has 0 aliphatic carbocycles. The molecule has 0 aliphatic heterocycles. The lowest BCUT2D eigenvalue weighted by molar-refractivity contribution is -0.115. The number of rotatable bonds is 6. The van der Waals surface area contributed by atoms with Crippen molar-refractivity contribution in [3.63, 3.8) is 0 Å². The summed E-state index contributed by atoms with van der Waals surface area (Å²) in [6, 6.07) is 9.92. The maximum Gasteiger partial charge on any atom is 0.239 e. The number of hydrogen-bond donors (Lipinski definition) is 1. The van der Waals surface area contributed by atoms with Gasteiger partial charge in [0.15, 0.2) is 5.13 Å². The zero-order valence-corrected chi connectivity index (χ0v) is 13.9. The zero-order chi connectivity index (χ0) is 16.1. The van der Waals surface area contributed by atoms with E-state index >= 15 is 0 Å². The van der Waals surface area contributed by atoms with Crippen molar-refractivity contribution >= 4 is 34.1 Å². The highest BCUT2D eigenvalue weighted by molar-refractivity contribution is 8.00. The first-order chi connectivity index (χ1) is 11.2. The number of tetrazole rings is 1. The number of nitrogens with zero attached hydrogens (tertiary/aromatic N) is 5. The molecule has 1 atom stereocenters. The largest absolute Gasteiger partial charge is 0.301 e. The Labute approximate surface area is 141 Å². The van der Waals surface area contributed by atoms with Crippen molar-refractivity contribution in [2.45, 2.75) is 23.9 Å². The van der Waals surface area contributed by atoms with Crippen LogP contribution in [0, 0.1) is 0 Å². The van der Waals surface area contributed by atoms with Gasteiger partial charge in [0.25, 0.3) is 0 Å². The Bertz CT molecular complexity index is 759. The summed E-state index contributed by atoms with van der Waals surface area (Å²) < 4.78 is 1.69. The van der Waals surface area contributed by atoms with Crippen LogP contribution in [0.2, 0.25) is 0 Å².